The number of unbranched alkanes of at least 4 members (excludes halogenated alkanes) is 2. The molecule has 4 aliphatic rings. The molecule has 4 rings (SSSR count). The van der Waals surface area contributed by atoms with E-state index in [1.807, 2.05) is 0 Å². The van der Waals surface area contributed by atoms with Crippen molar-refractivity contribution in [3.8, 4) is 0 Å². The first-order valence-electron chi connectivity index (χ1n) is 28.5. The van der Waals surface area contributed by atoms with Gasteiger partial charge in [-0.2, -0.15) is 0 Å². The first-order chi connectivity index (χ1) is 36.1. The second-order valence-corrected chi connectivity index (χ2v) is 23.8. The van der Waals surface area contributed by atoms with Gasteiger partial charge in [0, 0.05) is 47.6 Å². The SMILES string of the molecule is CC1=C(C)C(C)(CCNC(=O)[C@H](CCCCN)NC(=O)CCC2(C)C(C)=C(C)C(C)=C2C)C(C)=C1C.CC1=C(C)C(C)(CCNC(=O)[C@H](CCCCN)NC(=O)CCC2(C)C(C)=C(C)C(C)=C2C)C(C)=C1C.O=C(O)C(=O)O. The number of carbonyl (C=O) groups is 6. The van der Waals surface area contributed by atoms with Crippen molar-refractivity contribution in [3.05, 3.63) is 89.2 Å². The number of aliphatic carboxylic acids is 2. The van der Waals surface area contributed by atoms with Gasteiger partial charge in [-0.1, -0.05) is 72.3 Å². The van der Waals surface area contributed by atoms with E-state index >= 15 is 0 Å². The molecule has 10 N–H and O–H groups in total. The van der Waals surface area contributed by atoms with E-state index < -0.39 is 24.0 Å². The summed E-state index contributed by atoms with van der Waals surface area (Å²) in [7, 11) is 0. The van der Waals surface area contributed by atoms with Crippen LogP contribution in [0.5, 0.6) is 0 Å². The van der Waals surface area contributed by atoms with Gasteiger partial charge in [-0.25, -0.2) is 9.59 Å². The lowest BCUT2D eigenvalue weighted by Gasteiger charge is -2.30. The maximum atomic E-state index is 13.2. The zero-order valence-corrected chi connectivity index (χ0v) is 52.0. The van der Waals surface area contributed by atoms with Gasteiger partial charge < -0.3 is 42.9 Å². The topological polar surface area (TPSA) is 243 Å². The minimum Gasteiger partial charge on any atom is -0.473 e. The third-order valence-corrected chi connectivity index (χ3v) is 20.3. The van der Waals surface area contributed by atoms with Crippen molar-refractivity contribution in [2.45, 2.75) is 228 Å². The molecule has 0 unspecified atom stereocenters. The fraction of sp³-hybridized carbons (Fsp3) is 0.656. The maximum Gasteiger partial charge on any atom is 0.414 e. The Morgan fingerprint density at radius 3 is 0.808 bits per heavy atom. The normalized spacial score (nSPS) is 19.0. The third kappa shape index (κ3) is 15.9. The van der Waals surface area contributed by atoms with Crippen LogP contribution in [-0.2, 0) is 28.8 Å². The summed E-state index contributed by atoms with van der Waals surface area (Å²) in [6.45, 7) is 46.3. The molecule has 78 heavy (non-hydrogen) atoms. The van der Waals surface area contributed by atoms with Crippen molar-refractivity contribution in [3.63, 3.8) is 0 Å². The van der Waals surface area contributed by atoms with Gasteiger partial charge in [-0.05, 0) is 233 Å². The Morgan fingerprint density at radius 1 is 0.385 bits per heavy atom. The first kappa shape index (κ1) is 68.8. The number of carboxylic acids is 2. The van der Waals surface area contributed by atoms with Gasteiger partial charge in [-0.3, -0.25) is 19.2 Å². The Labute approximate surface area is 470 Å². The molecule has 0 radical (unpaired) electrons. The lowest BCUT2D eigenvalue weighted by molar-refractivity contribution is -0.159. The zero-order valence-electron chi connectivity index (χ0n) is 52.0. The molecule has 0 aromatic carbocycles. The highest BCUT2D eigenvalue weighted by Gasteiger charge is 2.40. The number of carbonyl (C=O) groups excluding carboxylic acids is 4. The number of hydrogen-bond acceptors (Lipinski definition) is 8. The zero-order chi connectivity index (χ0) is 60.0. The van der Waals surface area contributed by atoms with E-state index in [-0.39, 0.29) is 45.3 Å². The van der Waals surface area contributed by atoms with Crippen LogP contribution >= 0.6 is 0 Å². The largest absolute Gasteiger partial charge is 0.473 e. The first-order valence-corrected chi connectivity index (χ1v) is 28.5. The van der Waals surface area contributed by atoms with Crippen LogP contribution in [0.1, 0.15) is 216 Å². The molecular formula is C64H104N6O8. The fourth-order valence-electron chi connectivity index (χ4n) is 12.1. The van der Waals surface area contributed by atoms with Crippen molar-refractivity contribution in [1.82, 2.24) is 21.3 Å². The number of nitrogens with one attached hydrogen (secondary N) is 4. The minimum absolute atomic E-state index is 0.0243. The summed E-state index contributed by atoms with van der Waals surface area (Å²) < 4.78 is 0. The van der Waals surface area contributed by atoms with Gasteiger partial charge in [0.1, 0.15) is 12.1 Å². The molecule has 438 valence electrons. The molecule has 2 atom stereocenters. The highest BCUT2D eigenvalue weighted by atomic mass is 16.4. The van der Waals surface area contributed by atoms with Gasteiger partial charge in [0.15, 0.2) is 0 Å². The van der Waals surface area contributed by atoms with Gasteiger partial charge in [0.25, 0.3) is 0 Å². The Balaban J connectivity index is 0.000000482. The van der Waals surface area contributed by atoms with E-state index in [0.717, 1.165) is 51.4 Å². The van der Waals surface area contributed by atoms with Crippen LogP contribution in [0.25, 0.3) is 0 Å². The molecule has 0 bridgehead atoms. The van der Waals surface area contributed by atoms with Crippen molar-refractivity contribution < 1.29 is 39.0 Å². The molecule has 14 nitrogen and oxygen atoms in total. The molecule has 0 aromatic rings. The fourth-order valence-corrected chi connectivity index (χ4v) is 12.1. The number of amides is 4. The lowest BCUT2D eigenvalue weighted by atomic mass is 9.75. The number of hydrogen-bond donors (Lipinski definition) is 8. The smallest absolute Gasteiger partial charge is 0.414 e. The van der Waals surface area contributed by atoms with Gasteiger partial charge in [-0.15, -0.1) is 0 Å². The van der Waals surface area contributed by atoms with E-state index in [1.54, 1.807) is 0 Å². The predicted molar refractivity (Wildman–Crippen MR) is 318 cm³/mol. The number of nitrogens with two attached hydrogens (primary N) is 2. The van der Waals surface area contributed by atoms with E-state index in [0.29, 0.717) is 51.9 Å². The van der Waals surface area contributed by atoms with E-state index in [9.17, 15) is 19.2 Å². The van der Waals surface area contributed by atoms with Gasteiger partial charge in [0.2, 0.25) is 23.6 Å². The van der Waals surface area contributed by atoms with Crippen LogP contribution in [0.3, 0.4) is 0 Å². The summed E-state index contributed by atoms with van der Waals surface area (Å²) in [5.74, 6) is -3.95. The highest BCUT2D eigenvalue weighted by molar-refractivity contribution is 6.27. The molecule has 14 heteroatoms. The standard InChI is InChI=1S/2C31H51N3O2.C2H2O4/c2*1-19-20(2)24(6)30(9,23(19)5)15-14-28(35)34-27(13-11-12-17-32)29(36)33-18-16-31(10)25(7)21(3)22(4)26(31)8;3-1(4)2(5)6/h2*27H,11-18,32H2,1-10H3,(H,33,36)(H,34,35);(H,3,4)(H,5,6)/t2*27-;/m00./s1. The van der Waals surface area contributed by atoms with E-state index in [1.165, 1.54) is 89.2 Å². The van der Waals surface area contributed by atoms with Crippen LogP contribution in [0.2, 0.25) is 0 Å². The summed E-state index contributed by atoms with van der Waals surface area (Å²) in [5, 5.41) is 27.1. The Morgan fingerprint density at radius 2 is 0.603 bits per heavy atom. The van der Waals surface area contributed by atoms with Crippen LogP contribution in [0.4, 0.5) is 0 Å². The lowest BCUT2D eigenvalue weighted by Crippen LogP contribution is -2.47. The van der Waals surface area contributed by atoms with Crippen LogP contribution in [-0.4, -0.2) is 84.0 Å². The molecule has 0 aliphatic heterocycles. The summed E-state index contributed by atoms with van der Waals surface area (Å²) in [6, 6.07) is -1.05. The average Bonchev–Trinajstić information content (AvgIpc) is 3.78. The molecule has 0 fully saturated rings. The minimum atomic E-state index is -1.82. The van der Waals surface area contributed by atoms with Crippen LogP contribution in [0, 0.1) is 21.7 Å². The third-order valence-electron chi connectivity index (χ3n) is 20.3. The summed E-state index contributed by atoms with van der Waals surface area (Å²) in [4.78, 5) is 70.5. The molecule has 0 saturated heterocycles. The van der Waals surface area contributed by atoms with Crippen molar-refractivity contribution in [2.75, 3.05) is 26.2 Å². The van der Waals surface area contributed by atoms with Gasteiger partial charge in [0.05, 0.1) is 0 Å². The van der Waals surface area contributed by atoms with Crippen molar-refractivity contribution >= 4 is 35.6 Å². The molecule has 0 aromatic heterocycles. The van der Waals surface area contributed by atoms with Gasteiger partial charge >= 0.3 is 11.9 Å². The van der Waals surface area contributed by atoms with Crippen molar-refractivity contribution in [1.29, 1.82) is 0 Å². The second-order valence-electron chi connectivity index (χ2n) is 23.8. The monoisotopic (exact) mass is 1080 g/mol. The quantitative estimate of drug-likeness (QED) is 0.0336. The summed E-state index contributed by atoms with van der Waals surface area (Å²) >= 11 is 0. The van der Waals surface area contributed by atoms with Crippen molar-refractivity contribution in [2.24, 2.45) is 33.1 Å². The molecule has 0 spiro atoms. The maximum absolute atomic E-state index is 13.2. The molecule has 0 saturated carbocycles. The number of rotatable bonds is 24. The summed E-state index contributed by atoms with van der Waals surface area (Å²) in [6.07, 6.45) is 8.52. The Kier molecular flexibility index (Phi) is 25.8. The molecule has 4 aliphatic carbocycles. The highest BCUT2D eigenvalue weighted by Crippen LogP contribution is 2.52. The van der Waals surface area contributed by atoms with E-state index in [4.69, 9.17) is 31.3 Å². The number of allylic oxidation sites excluding steroid dienone is 16. The Hall–Kier alpha value is -5.34. The number of carboxylic acid groups (broad SMARTS) is 2. The predicted octanol–water partition coefficient (Wildman–Crippen LogP) is 11.7. The molecule has 0 heterocycles. The Bertz CT molecular complexity index is 2290. The van der Waals surface area contributed by atoms with E-state index in [2.05, 4.69) is 160 Å². The molecular weight excluding hydrogens is 981 g/mol. The van der Waals surface area contributed by atoms with Crippen LogP contribution in [0.15, 0.2) is 89.2 Å². The van der Waals surface area contributed by atoms with Crippen LogP contribution < -0.4 is 32.7 Å². The summed E-state index contributed by atoms with van der Waals surface area (Å²) in [5.41, 5.74) is 32.9. The second kappa shape index (κ2) is 29.2. The molecule has 4 amide bonds. The average molecular weight is 1090 g/mol.